The molecule has 0 amide bonds. The first-order chi connectivity index (χ1) is 40.4. The minimum atomic E-state index is -2.04. The first-order valence-corrected chi connectivity index (χ1v) is 29.4. The number of aliphatic hydroxyl groups is 13. The van der Waals surface area contributed by atoms with E-state index in [-0.39, 0.29) is 104 Å². The number of rotatable bonds is 39. The van der Waals surface area contributed by atoms with E-state index < -0.39 is 193 Å². The maximum atomic E-state index is 12.4. The fourth-order valence-electron chi connectivity index (χ4n) is 11.3. The zero-order valence-corrected chi connectivity index (χ0v) is 49.2. The van der Waals surface area contributed by atoms with Gasteiger partial charge in [0.25, 0.3) is 0 Å². The highest BCUT2D eigenvalue weighted by molar-refractivity contribution is 5.00. The van der Waals surface area contributed by atoms with Gasteiger partial charge < -0.3 is 147 Å². The van der Waals surface area contributed by atoms with Crippen LogP contribution in [0.4, 0.5) is 0 Å². The van der Waals surface area contributed by atoms with Gasteiger partial charge in [-0.25, -0.2) is 0 Å². The normalized spacial score (nSPS) is 38.8. The highest BCUT2D eigenvalue weighted by atomic mass is 16.8. The second-order valence-corrected chi connectivity index (χ2v) is 22.1. The van der Waals surface area contributed by atoms with Crippen LogP contribution in [0, 0.1) is 17.8 Å². The minimum Gasteiger partial charge on any atom is -0.394 e. The second kappa shape index (κ2) is 38.5. The van der Waals surface area contributed by atoms with Crippen LogP contribution in [0.25, 0.3) is 0 Å². The lowest BCUT2D eigenvalue weighted by Gasteiger charge is -2.51. The van der Waals surface area contributed by atoms with Crippen LogP contribution in [0.15, 0.2) is 0 Å². The van der Waals surface area contributed by atoms with Gasteiger partial charge in [-0.15, -0.1) is 0 Å². The summed E-state index contributed by atoms with van der Waals surface area (Å²) in [5.74, 6) is -1.23. The quantitative estimate of drug-likeness (QED) is 0.0256. The van der Waals surface area contributed by atoms with Gasteiger partial charge in [0.15, 0.2) is 25.2 Å². The first-order valence-electron chi connectivity index (χ1n) is 29.4. The van der Waals surface area contributed by atoms with Gasteiger partial charge in [0.1, 0.15) is 79.4 Å². The first kappa shape index (κ1) is 73.5. The lowest BCUT2D eigenvalue weighted by atomic mass is 9.81. The Hall–Kier alpha value is -1.20. The third kappa shape index (κ3) is 20.9. The highest BCUT2D eigenvalue weighted by Crippen LogP contribution is 2.40. The van der Waals surface area contributed by atoms with Crippen molar-refractivity contribution < 1.29 is 147 Å². The molecule has 0 bridgehead atoms. The topological polar surface area (TPSA) is 420 Å². The summed E-state index contributed by atoms with van der Waals surface area (Å²) in [6.45, 7) is 5.42. The Morgan fingerprint density at radius 3 is 1.31 bits per heavy atom. The molecule has 4 saturated heterocycles. The third-order valence-electron chi connectivity index (χ3n) is 14.9. The van der Waals surface area contributed by atoms with Crippen LogP contribution in [0.3, 0.4) is 0 Å². The molecule has 5 fully saturated rings. The molecule has 22 unspecified atom stereocenters. The number of ether oxygens (including phenoxy) is 17. The van der Waals surface area contributed by atoms with Crippen molar-refractivity contribution in [3.05, 3.63) is 0 Å². The van der Waals surface area contributed by atoms with Crippen LogP contribution in [-0.4, -0.2) is 339 Å². The van der Waals surface area contributed by atoms with Crippen LogP contribution < -0.4 is 0 Å². The van der Waals surface area contributed by atoms with Crippen molar-refractivity contribution in [2.24, 2.45) is 17.8 Å². The molecule has 0 radical (unpaired) electrons. The van der Waals surface area contributed by atoms with E-state index in [4.69, 9.17) is 80.5 Å². The molecule has 0 aromatic rings. The van der Waals surface area contributed by atoms with Gasteiger partial charge in [-0.3, -0.25) is 0 Å². The zero-order valence-electron chi connectivity index (χ0n) is 49.2. The molecular weight excluding hydrogens is 1130 g/mol. The van der Waals surface area contributed by atoms with Crippen LogP contribution in [0.2, 0.25) is 0 Å². The molecule has 13 N–H and O–H groups in total. The van der Waals surface area contributed by atoms with Crippen LogP contribution in [-0.2, 0) is 80.5 Å². The molecule has 24 atom stereocenters. The average molecular weight is 1230 g/mol. The lowest BCUT2D eigenvalue weighted by Crippen LogP contribution is -2.68. The van der Waals surface area contributed by atoms with E-state index >= 15 is 0 Å². The Morgan fingerprint density at radius 2 is 0.786 bits per heavy atom. The Balaban J connectivity index is 1.52. The summed E-state index contributed by atoms with van der Waals surface area (Å²) in [4.78, 5) is 0. The largest absolute Gasteiger partial charge is 0.394 e. The van der Waals surface area contributed by atoms with Crippen molar-refractivity contribution >= 4 is 0 Å². The van der Waals surface area contributed by atoms with E-state index in [0.717, 1.165) is 0 Å². The molecular formula is C54H100O30. The number of hydrogen-bond acceptors (Lipinski definition) is 30. The predicted octanol–water partition coefficient (Wildman–Crippen LogP) is -5.34. The fourth-order valence-corrected chi connectivity index (χ4v) is 11.3. The summed E-state index contributed by atoms with van der Waals surface area (Å²) in [6, 6.07) is 0. The summed E-state index contributed by atoms with van der Waals surface area (Å²) in [7, 11) is 0. The van der Waals surface area contributed by atoms with Crippen molar-refractivity contribution in [3.8, 4) is 0 Å². The van der Waals surface area contributed by atoms with Crippen molar-refractivity contribution in [2.45, 2.75) is 202 Å². The molecule has 496 valence electrons. The number of aliphatic hydroxyl groups excluding tert-OH is 13. The molecule has 4 heterocycles. The summed E-state index contributed by atoms with van der Waals surface area (Å²) >= 11 is 0. The lowest BCUT2D eigenvalue weighted by molar-refractivity contribution is -0.394. The van der Waals surface area contributed by atoms with Crippen molar-refractivity contribution in [3.63, 3.8) is 0 Å². The predicted molar refractivity (Wildman–Crippen MR) is 284 cm³/mol. The zero-order chi connectivity index (χ0) is 61.5. The van der Waals surface area contributed by atoms with E-state index in [2.05, 4.69) is 0 Å². The van der Waals surface area contributed by atoms with E-state index in [1.807, 2.05) is 27.7 Å². The summed E-state index contributed by atoms with van der Waals surface area (Å²) < 4.78 is 105. The molecule has 1 aliphatic carbocycles. The van der Waals surface area contributed by atoms with Crippen LogP contribution in [0.5, 0.6) is 0 Å². The summed E-state index contributed by atoms with van der Waals surface area (Å²) in [6.07, 6.45) is -31.2. The maximum Gasteiger partial charge on any atom is 0.187 e. The Kier molecular flexibility index (Phi) is 33.7. The second-order valence-electron chi connectivity index (χ2n) is 22.1. The standard InChI is InChI=1S/C54H100O30/c1-28(2)39-36(25-69-15-8-56)79-53(48(40(39)63)72-18-11-59)83-45-35(23-62)78-54(50(43(45)66)74-20-13-61)84-46-38(27-75-32-22-33(71-17-10-58)34(76-29(3)4)21-31(32)24-68-14-7-55)80-51(42(65)41(46)64)82-47-37(26-70-16-9-57)81-52(77-30(5)6)49(44(47)67)73-19-12-60/h28-67H,7-27H2,1-6H3/t31?,32-,33-,34?,35?,36?,37?,38?,39?,40?,41?,42?,43?,44?,45?,46?,47?,48?,49?,50?,51?,52?,53?,54?/m0/s1. The average Bonchev–Trinajstić information content (AvgIpc) is 1.73. The van der Waals surface area contributed by atoms with Gasteiger partial charge in [0.05, 0.1) is 168 Å². The third-order valence-corrected chi connectivity index (χ3v) is 14.9. The van der Waals surface area contributed by atoms with Gasteiger partial charge in [0.2, 0.25) is 0 Å². The van der Waals surface area contributed by atoms with E-state index in [0.29, 0.717) is 6.42 Å². The van der Waals surface area contributed by atoms with Crippen LogP contribution >= 0.6 is 0 Å². The highest BCUT2D eigenvalue weighted by Gasteiger charge is 2.57. The number of hydrogen-bond donors (Lipinski definition) is 13. The minimum absolute atomic E-state index is 0.00776. The Bertz CT molecular complexity index is 1710. The molecule has 4 aliphatic heterocycles. The van der Waals surface area contributed by atoms with E-state index in [9.17, 15) is 66.4 Å². The van der Waals surface area contributed by atoms with Crippen molar-refractivity contribution in [1.29, 1.82) is 0 Å². The molecule has 5 aliphatic rings. The molecule has 30 heteroatoms. The Labute approximate surface area is 490 Å². The molecule has 0 spiro atoms. The van der Waals surface area contributed by atoms with Gasteiger partial charge in [-0.2, -0.15) is 0 Å². The summed E-state index contributed by atoms with van der Waals surface area (Å²) in [5.41, 5.74) is 0. The van der Waals surface area contributed by atoms with Crippen molar-refractivity contribution in [2.75, 3.05) is 126 Å². The molecule has 84 heavy (non-hydrogen) atoms. The molecule has 5 rings (SSSR count). The molecule has 30 nitrogen and oxygen atoms in total. The molecule has 0 aromatic carbocycles. The smallest absolute Gasteiger partial charge is 0.187 e. The van der Waals surface area contributed by atoms with Crippen LogP contribution in [0.1, 0.15) is 54.4 Å². The summed E-state index contributed by atoms with van der Waals surface area (Å²) in [5, 5.41) is 139. The Morgan fingerprint density at radius 1 is 0.357 bits per heavy atom. The molecule has 1 saturated carbocycles. The SMILES string of the molecule is CC(C)OC1OC(COCCO)C(OC2OC(CO[C@H]3C[C@H](OCCO)C(OC(C)C)CC3COCCO)C(OC3OC(CO)C(OC4OC(COCCO)C(C(C)C)C(O)C4OCCO)C(O)C3OCCO)C(O)C2O)C(O)C1OCCO. The fraction of sp³-hybridized carbons (Fsp3) is 1.00. The van der Waals surface area contributed by atoms with Gasteiger partial charge in [0, 0.05) is 18.3 Å². The van der Waals surface area contributed by atoms with Gasteiger partial charge in [-0.05, 0) is 40.0 Å². The maximum absolute atomic E-state index is 12.4. The molecule has 0 aromatic heterocycles. The van der Waals surface area contributed by atoms with E-state index in [1.165, 1.54) is 0 Å². The van der Waals surface area contributed by atoms with E-state index in [1.54, 1.807) is 13.8 Å². The monoisotopic (exact) mass is 1230 g/mol. The van der Waals surface area contributed by atoms with Gasteiger partial charge in [-0.1, -0.05) is 13.8 Å². The van der Waals surface area contributed by atoms with Gasteiger partial charge >= 0.3 is 0 Å². The van der Waals surface area contributed by atoms with Crippen molar-refractivity contribution in [1.82, 2.24) is 0 Å².